The van der Waals surface area contributed by atoms with Gasteiger partial charge in [0.1, 0.15) is 0 Å². The number of hydrogen-bond donors (Lipinski definition) is 4. The van der Waals surface area contributed by atoms with Crippen LogP contribution in [0.1, 0.15) is 12.8 Å². The molecule has 0 aromatic rings. The predicted molar refractivity (Wildman–Crippen MR) is 56.2 cm³/mol. The molecule has 90 valence electrons. The summed E-state index contributed by atoms with van der Waals surface area (Å²) in [6, 6.07) is -0.0556. The minimum atomic E-state index is -0.368. The van der Waals surface area contributed by atoms with Gasteiger partial charge >= 0.3 is 0 Å². The van der Waals surface area contributed by atoms with Crippen molar-refractivity contribution in [3.05, 3.63) is 0 Å². The lowest BCUT2D eigenvalue weighted by molar-refractivity contribution is -0.126. The molecule has 7 heteroatoms. The summed E-state index contributed by atoms with van der Waals surface area (Å²) in [4.78, 5) is 33.0. The first-order valence-corrected chi connectivity index (χ1v) is 5.14. The van der Waals surface area contributed by atoms with Crippen molar-refractivity contribution in [1.82, 2.24) is 16.0 Å². The molecule has 5 N–H and O–H groups in total. The van der Waals surface area contributed by atoms with Gasteiger partial charge in [-0.2, -0.15) is 0 Å². The van der Waals surface area contributed by atoms with Crippen LogP contribution in [-0.4, -0.2) is 43.4 Å². The lowest BCUT2D eigenvalue weighted by atomic mass is 10.1. The zero-order valence-electron chi connectivity index (χ0n) is 8.91. The van der Waals surface area contributed by atoms with E-state index in [-0.39, 0.29) is 36.9 Å². The van der Waals surface area contributed by atoms with E-state index in [1.54, 1.807) is 0 Å². The molecular weight excluding hydrogens is 212 g/mol. The van der Waals surface area contributed by atoms with Crippen molar-refractivity contribution in [2.45, 2.75) is 18.9 Å². The van der Waals surface area contributed by atoms with Gasteiger partial charge in [0.05, 0.1) is 13.1 Å². The molecule has 0 aromatic heterocycles. The highest BCUT2D eigenvalue weighted by atomic mass is 16.2. The number of amides is 3. The summed E-state index contributed by atoms with van der Waals surface area (Å²) in [5.41, 5.74) is 5.07. The van der Waals surface area contributed by atoms with Crippen molar-refractivity contribution < 1.29 is 14.4 Å². The predicted octanol–water partition coefficient (Wildman–Crippen LogP) is -2.54. The third kappa shape index (κ3) is 4.26. The molecule has 0 aliphatic carbocycles. The van der Waals surface area contributed by atoms with Crippen molar-refractivity contribution in [3.63, 3.8) is 0 Å². The Morgan fingerprint density at radius 1 is 1.44 bits per heavy atom. The van der Waals surface area contributed by atoms with E-state index in [9.17, 15) is 14.4 Å². The molecular formula is C9H16N4O3. The summed E-state index contributed by atoms with van der Waals surface area (Å²) in [5.74, 6) is -0.642. The molecule has 0 bridgehead atoms. The molecule has 1 saturated heterocycles. The van der Waals surface area contributed by atoms with Crippen LogP contribution in [-0.2, 0) is 14.4 Å². The highest BCUT2D eigenvalue weighted by Gasteiger charge is 2.19. The third-order valence-corrected chi connectivity index (χ3v) is 2.26. The van der Waals surface area contributed by atoms with Crippen LogP contribution in [0.3, 0.4) is 0 Å². The zero-order chi connectivity index (χ0) is 12.0. The summed E-state index contributed by atoms with van der Waals surface area (Å²) in [6.07, 6.45) is 1.04. The Balaban J connectivity index is 2.19. The highest BCUT2D eigenvalue weighted by Crippen LogP contribution is 2.01. The Morgan fingerprint density at radius 2 is 2.19 bits per heavy atom. The topological polar surface area (TPSA) is 113 Å². The second kappa shape index (κ2) is 6.06. The lowest BCUT2D eigenvalue weighted by Crippen LogP contribution is -2.50. The van der Waals surface area contributed by atoms with Gasteiger partial charge in [-0.05, 0) is 6.42 Å². The normalized spacial score (nSPS) is 19.8. The van der Waals surface area contributed by atoms with Gasteiger partial charge in [-0.3, -0.25) is 14.4 Å². The van der Waals surface area contributed by atoms with Crippen LogP contribution in [0, 0.1) is 0 Å². The van der Waals surface area contributed by atoms with Crippen molar-refractivity contribution in [3.8, 4) is 0 Å². The second-order valence-corrected chi connectivity index (χ2v) is 3.59. The molecule has 16 heavy (non-hydrogen) atoms. The Hall–Kier alpha value is -1.63. The number of hydrogen-bond acceptors (Lipinski definition) is 4. The lowest BCUT2D eigenvalue weighted by Gasteiger charge is -2.23. The molecule has 1 rings (SSSR count). The second-order valence-electron chi connectivity index (χ2n) is 3.59. The highest BCUT2D eigenvalue weighted by molar-refractivity contribution is 5.85. The monoisotopic (exact) mass is 228 g/mol. The minimum Gasteiger partial charge on any atom is -0.354 e. The summed E-state index contributed by atoms with van der Waals surface area (Å²) in [6.45, 7) is 0.225. The van der Waals surface area contributed by atoms with Crippen LogP contribution in [0.4, 0.5) is 0 Å². The maximum absolute atomic E-state index is 11.3. The molecule has 0 aromatic carbocycles. The quantitative estimate of drug-likeness (QED) is 0.424. The summed E-state index contributed by atoms with van der Waals surface area (Å²) < 4.78 is 0. The van der Waals surface area contributed by atoms with Gasteiger partial charge in [0.2, 0.25) is 17.7 Å². The Kier molecular flexibility index (Phi) is 4.71. The average Bonchev–Trinajstić information content (AvgIpc) is 2.29. The van der Waals surface area contributed by atoms with Gasteiger partial charge in [0.15, 0.2) is 0 Å². The van der Waals surface area contributed by atoms with Crippen molar-refractivity contribution in [2.75, 3.05) is 19.6 Å². The summed E-state index contributed by atoms with van der Waals surface area (Å²) in [5, 5.41) is 7.73. The SMILES string of the molecule is NCC(=O)NCC(=O)NC1CCC(=O)NC1. The number of piperidine rings is 1. The Labute approximate surface area is 93.1 Å². The van der Waals surface area contributed by atoms with Crippen LogP contribution in [0.5, 0.6) is 0 Å². The number of rotatable bonds is 4. The molecule has 0 radical (unpaired) electrons. The molecule has 7 nitrogen and oxygen atoms in total. The van der Waals surface area contributed by atoms with Gasteiger partial charge in [-0.1, -0.05) is 0 Å². The van der Waals surface area contributed by atoms with Gasteiger partial charge < -0.3 is 21.7 Å². The first-order valence-electron chi connectivity index (χ1n) is 5.14. The minimum absolute atomic E-state index is 0.00179. The molecule has 1 unspecified atom stereocenters. The molecule has 1 heterocycles. The molecule has 0 saturated carbocycles. The van der Waals surface area contributed by atoms with Crippen LogP contribution >= 0.6 is 0 Å². The van der Waals surface area contributed by atoms with E-state index in [2.05, 4.69) is 16.0 Å². The van der Waals surface area contributed by atoms with Gasteiger partial charge in [-0.15, -0.1) is 0 Å². The molecule has 1 fully saturated rings. The maximum Gasteiger partial charge on any atom is 0.239 e. The molecule has 0 spiro atoms. The fraction of sp³-hybridized carbons (Fsp3) is 0.667. The van der Waals surface area contributed by atoms with E-state index < -0.39 is 0 Å². The van der Waals surface area contributed by atoms with Crippen LogP contribution in [0.15, 0.2) is 0 Å². The Bertz CT molecular complexity index is 282. The third-order valence-electron chi connectivity index (χ3n) is 2.26. The van der Waals surface area contributed by atoms with Crippen LogP contribution in [0.25, 0.3) is 0 Å². The van der Waals surface area contributed by atoms with E-state index >= 15 is 0 Å². The van der Waals surface area contributed by atoms with Crippen molar-refractivity contribution >= 4 is 17.7 Å². The van der Waals surface area contributed by atoms with E-state index in [1.807, 2.05) is 0 Å². The zero-order valence-corrected chi connectivity index (χ0v) is 8.91. The molecule has 1 aliphatic rings. The van der Waals surface area contributed by atoms with Crippen molar-refractivity contribution in [2.24, 2.45) is 5.73 Å². The van der Waals surface area contributed by atoms with Crippen LogP contribution < -0.4 is 21.7 Å². The molecule has 1 atom stereocenters. The average molecular weight is 228 g/mol. The summed E-state index contributed by atoms with van der Waals surface area (Å²) >= 11 is 0. The van der Waals surface area contributed by atoms with Gasteiger partial charge in [-0.25, -0.2) is 0 Å². The summed E-state index contributed by atoms with van der Waals surface area (Å²) in [7, 11) is 0. The molecule has 1 aliphatic heterocycles. The number of nitrogens with one attached hydrogen (secondary N) is 3. The first kappa shape index (κ1) is 12.4. The van der Waals surface area contributed by atoms with E-state index in [0.29, 0.717) is 19.4 Å². The van der Waals surface area contributed by atoms with Gasteiger partial charge in [0, 0.05) is 19.0 Å². The molecule has 3 amide bonds. The van der Waals surface area contributed by atoms with E-state index in [4.69, 9.17) is 5.73 Å². The number of carbonyl (C=O) groups is 3. The number of nitrogens with two attached hydrogens (primary N) is 1. The van der Waals surface area contributed by atoms with Gasteiger partial charge in [0.25, 0.3) is 0 Å². The van der Waals surface area contributed by atoms with E-state index in [0.717, 1.165) is 0 Å². The first-order chi connectivity index (χ1) is 7.61. The Morgan fingerprint density at radius 3 is 2.75 bits per heavy atom. The fourth-order valence-corrected chi connectivity index (χ4v) is 1.39. The van der Waals surface area contributed by atoms with E-state index in [1.165, 1.54) is 0 Å². The fourth-order valence-electron chi connectivity index (χ4n) is 1.39. The van der Waals surface area contributed by atoms with Crippen molar-refractivity contribution in [1.29, 1.82) is 0 Å². The van der Waals surface area contributed by atoms with Crippen LogP contribution in [0.2, 0.25) is 0 Å². The standard InChI is InChI=1S/C9H16N4O3/c10-3-8(15)12-5-9(16)13-6-1-2-7(14)11-4-6/h6H,1-5,10H2,(H,11,14)(H,12,15)(H,13,16). The number of carbonyl (C=O) groups excluding carboxylic acids is 3. The maximum atomic E-state index is 11.3. The largest absolute Gasteiger partial charge is 0.354 e. The smallest absolute Gasteiger partial charge is 0.239 e.